The van der Waals surface area contributed by atoms with E-state index < -0.39 is 0 Å². The second kappa shape index (κ2) is 27.4. The molecule has 0 atom stereocenters. The summed E-state index contributed by atoms with van der Waals surface area (Å²) in [5, 5.41) is 0. The Kier molecular flexibility index (Phi) is 26.9. The highest BCUT2D eigenvalue weighted by atomic mass is 16.6. The minimum absolute atomic E-state index is 0.239. The van der Waals surface area contributed by atoms with Gasteiger partial charge in [-0.2, -0.15) is 0 Å². The fourth-order valence-electron chi connectivity index (χ4n) is 2.05. The van der Waals surface area contributed by atoms with Crippen LogP contribution in [-0.4, -0.2) is 118 Å². The molecule has 0 aromatic rings. The first-order valence-electron chi connectivity index (χ1n) is 11.1. The van der Waals surface area contributed by atoms with Crippen LogP contribution in [0.4, 0.5) is 0 Å². The zero-order chi connectivity index (χ0) is 22.7. The van der Waals surface area contributed by atoms with Crippen LogP contribution >= 0.6 is 0 Å². The Morgan fingerprint density at radius 2 is 0.710 bits per heavy atom. The van der Waals surface area contributed by atoms with Crippen LogP contribution in [0, 0.1) is 0 Å². The molecule has 0 aliphatic heterocycles. The van der Waals surface area contributed by atoms with Crippen molar-refractivity contribution in [2.75, 3.05) is 112 Å². The van der Waals surface area contributed by atoms with Crippen molar-refractivity contribution < 1.29 is 42.6 Å². The summed E-state index contributed by atoms with van der Waals surface area (Å²) >= 11 is 0. The molecule has 186 valence electrons. The molecule has 0 saturated heterocycles. The summed E-state index contributed by atoms with van der Waals surface area (Å²) in [6.45, 7) is 17.0. The molecular weight excluding hydrogens is 408 g/mol. The van der Waals surface area contributed by atoms with Crippen LogP contribution in [0.2, 0.25) is 0 Å². The molecule has 0 N–H and O–H groups in total. The molecule has 0 rings (SSSR count). The van der Waals surface area contributed by atoms with Crippen molar-refractivity contribution in [1.29, 1.82) is 0 Å². The standard InChI is InChI=1S/C22H44O9/c1-4-5-23-6-7-24-8-9-25-10-11-26-12-13-27-14-15-28-16-17-29-18-19-30-20-21-31-22(2)3/h4,22H,1,5-21H2,2-3H3. The fraction of sp³-hybridized carbons (Fsp3) is 0.909. The molecule has 0 aromatic carbocycles. The van der Waals surface area contributed by atoms with E-state index in [-0.39, 0.29) is 6.10 Å². The van der Waals surface area contributed by atoms with E-state index in [1.165, 1.54) is 0 Å². The quantitative estimate of drug-likeness (QED) is 0.137. The Hall–Kier alpha value is -0.620. The summed E-state index contributed by atoms with van der Waals surface area (Å²) in [6, 6.07) is 0. The van der Waals surface area contributed by atoms with Gasteiger partial charge in [0.15, 0.2) is 0 Å². The molecule has 0 heterocycles. The maximum atomic E-state index is 5.43. The van der Waals surface area contributed by atoms with Gasteiger partial charge in [-0.1, -0.05) is 6.08 Å². The maximum Gasteiger partial charge on any atom is 0.0704 e. The van der Waals surface area contributed by atoms with Crippen LogP contribution in [0.15, 0.2) is 12.7 Å². The van der Waals surface area contributed by atoms with E-state index in [4.69, 9.17) is 42.6 Å². The summed E-state index contributed by atoms with van der Waals surface area (Å²) in [4.78, 5) is 0. The van der Waals surface area contributed by atoms with Crippen molar-refractivity contribution in [3.8, 4) is 0 Å². The van der Waals surface area contributed by atoms with E-state index in [2.05, 4.69) is 6.58 Å². The second-order valence-electron chi connectivity index (χ2n) is 6.57. The molecule has 0 bridgehead atoms. The van der Waals surface area contributed by atoms with Crippen LogP contribution < -0.4 is 0 Å². The van der Waals surface area contributed by atoms with Gasteiger partial charge < -0.3 is 42.6 Å². The third-order valence-corrected chi connectivity index (χ3v) is 3.52. The molecule has 0 aromatic heterocycles. The highest BCUT2D eigenvalue weighted by Crippen LogP contribution is 1.88. The van der Waals surface area contributed by atoms with E-state index in [0.29, 0.717) is 112 Å². The molecule has 0 radical (unpaired) electrons. The highest BCUT2D eigenvalue weighted by molar-refractivity contribution is 4.63. The number of ether oxygens (including phenoxy) is 9. The molecule has 0 amide bonds. The van der Waals surface area contributed by atoms with Gasteiger partial charge in [-0.05, 0) is 13.8 Å². The fourth-order valence-corrected chi connectivity index (χ4v) is 2.05. The summed E-state index contributed by atoms with van der Waals surface area (Å²) in [5.74, 6) is 0. The highest BCUT2D eigenvalue weighted by Gasteiger charge is 1.96. The van der Waals surface area contributed by atoms with Gasteiger partial charge in [0.25, 0.3) is 0 Å². The van der Waals surface area contributed by atoms with E-state index in [9.17, 15) is 0 Å². The van der Waals surface area contributed by atoms with Crippen molar-refractivity contribution >= 4 is 0 Å². The maximum absolute atomic E-state index is 5.43. The van der Waals surface area contributed by atoms with Crippen LogP contribution in [0.1, 0.15) is 13.8 Å². The zero-order valence-electron chi connectivity index (χ0n) is 19.6. The lowest BCUT2D eigenvalue weighted by Crippen LogP contribution is -2.15. The lowest BCUT2D eigenvalue weighted by molar-refractivity contribution is -0.0266. The lowest BCUT2D eigenvalue weighted by atomic mass is 10.5. The van der Waals surface area contributed by atoms with Crippen molar-refractivity contribution in [3.05, 3.63) is 12.7 Å². The average molecular weight is 453 g/mol. The molecule has 0 unspecified atom stereocenters. The van der Waals surface area contributed by atoms with Crippen LogP contribution in [0.5, 0.6) is 0 Å². The van der Waals surface area contributed by atoms with E-state index in [0.717, 1.165) is 0 Å². The van der Waals surface area contributed by atoms with Gasteiger partial charge in [0.2, 0.25) is 0 Å². The molecule has 0 spiro atoms. The van der Waals surface area contributed by atoms with E-state index >= 15 is 0 Å². The normalized spacial score (nSPS) is 11.5. The van der Waals surface area contributed by atoms with Gasteiger partial charge in [-0.15, -0.1) is 6.58 Å². The first-order chi connectivity index (χ1) is 15.3. The summed E-state index contributed by atoms with van der Waals surface area (Å²) in [5.41, 5.74) is 0. The van der Waals surface area contributed by atoms with Gasteiger partial charge in [0.05, 0.1) is 118 Å². The van der Waals surface area contributed by atoms with Crippen LogP contribution in [0.3, 0.4) is 0 Å². The third-order valence-electron chi connectivity index (χ3n) is 3.52. The summed E-state index contributed by atoms with van der Waals surface area (Å²) in [7, 11) is 0. The van der Waals surface area contributed by atoms with Crippen LogP contribution in [-0.2, 0) is 42.6 Å². The molecule has 0 fully saturated rings. The third kappa shape index (κ3) is 29.4. The van der Waals surface area contributed by atoms with Crippen molar-refractivity contribution in [3.63, 3.8) is 0 Å². The Balaban J connectivity index is 3.00. The Morgan fingerprint density at radius 1 is 0.452 bits per heavy atom. The summed E-state index contributed by atoms with van der Waals surface area (Å²) < 4.78 is 48.4. The van der Waals surface area contributed by atoms with Crippen molar-refractivity contribution in [1.82, 2.24) is 0 Å². The molecule has 9 nitrogen and oxygen atoms in total. The largest absolute Gasteiger partial charge is 0.377 e. The molecule has 0 aliphatic carbocycles. The first-order valence-corrected chi connectivity index (χ1v) is 11.1. The predicted molar refractivity (Wildman–Crippen MR) is 118 cm³/mol. The number of hydrogen-bond acceptors (Lipinski definition) is 9. The first kappa shape index (κ1) is 30.4. The SMILES string of the molecule is C=CCOCCOCCOCCOCCOCCOCCOCCOCCOC(C)C. The van der Waals surface area contributed by atoms with E-state index in [1.807, 2.05) is 13.8 Å². The molecule has 31 heavy (non-hydrogen) atoms. The predicted octanol–water partition coefficient (Wildman–Crippen LogP) is 1.73. The second-order valence-corrected chi connectivity index (χ2v) is 6.57. The molecule has 0 aliphatic rings. The smallest absolute Gasteiger partial charge is 0.0704 e. The number of hydrogen-bond donors (Lipinski definition) is 0. The lowest BCUT2D eigenvalue weighted by Gasteiger charge is -2.09. The Bertz CT molecular complexity index is 343. The Morgan fingerprint density at radius 3 is 0.968 bits per heavy atom. The van der Waals surface area contributed by atoms with Gasteiger partial charge in [0.1, 0.15) is 0 Å². The van der Waals surface area contributed by atoms with Crippen molar-refractivity contribution in [2.45, 2.75) is 20.0 Å². The topological polar surface area (TPSA) is 83.1 Å². The molecule has 9 heteroatoms. The minimum atomic E-state index is 0.239. The van der Waals surface area contributed by atoms with Crippen molar-refractivity contribution in [2.24, 2.45) is 0 Å². The molecular formula is C22H44O9. The summed E-state index contributed by atoms with van der Waals surface area (Å²) in [6.07, 6.45) is 1.95. The minimum Gasteiger partial charge on any atom is -0.377 e. The monoisotopic (exact) mass is 452 g/mol. The van der Waals surface area contributed by atoms with Gasteiger partial charge in [-0.25, -0.2) is 0 Å². The number of rotatable bonds is 27. The van der Waals surface area contributed by atoms with E-state index in [1.54, 1.807) is 6.08 Å². The molecule has 0 saturated carbocycles. The van der Waals surface area contributed by atoms with Gasteiger partial charge in [-0.3, -0.25) is 0 Å². The van der Waals surface area contributed by atoms with Gasteiger partial charge >= 0.3 is 0 Å². The van der Waals surface area contributed by atoms with Gasteiger partial charge in [0, 0.05) is 0 Å². The van der Waals surface area contributed by atoms with Crippen LogP contribution in [0.25, 0.3) is 0 Å². The zero-order valence-corrected chi connectivity index (χ0v) is 19.6. The Labute approximate surface area is 188 Å². The average Bonchev–Trinajstić information content (AvgIpc) is 2.76.